The van der Waals surface area contributed by atoms with Gasteiger partial charge in [0.25, 0.3) is 0 Å². The van der Waals surface area contributed by atoms with Gasteiger partial charge in [-0.25, -0.2) is 0 Å². The molecule has 0 radical (unpaired) electrons. The molecule has 1 aromatic carbocycles. The number of fused-ring (bicyclic) bond motifs is 1. The molecule has 2 N–H and O–H groups in total. The van der Waals surface area contributed by atoms with Crippen molar-refractivity contribution in [3.05, 3.63) is 34.9 Å². The highest BCUT2D eigenvalue weighted by Crippen LogP contribution is 2.40. The molecule has 0 amide bonds. The van der Waals surface area contributed by atoms with E-state index in [1.54, 1.807) is 0 Å². The summed E-state index contributed by atoms with van der Waals surface area (Å²) in [6, 6.07) is 6.14. The van der Waals surface area contributed by atoms with Gasteiger partial charge in [-0.05, 0) is 18.9 Å². The maximum absolute atomic E-state index is 11.1. The molecule has 0 spiro atoms. The first kappa shape index (κ1) is 11.1. The number of hydrogen-bond donors (Lipinski definition) is 1. The Balaban J connectivity index is 2.48. The predicted octanol–water partition coefficient (Wildman–Crippen LogP) is 1.86. The molecule has 3 heteroatoms. The maximum atomic E-state index is 11.1. The first-order chi connectivity index (χ1) is 7.43. The van der Waals surface area contributed by atoms with E-state index in [2.05, 4.69) is 12.1 Å². The van der Waals surface area contributed by atoms with Crippen LogP contribution in [0.5, 0.6) is 0 Å². The zero-order chi connectivity index (χ0) is 11.9. The summed E-state index contributed by atoms with van der Waals surface area (Å²) in [5.41, 5.74) is 8.56. The third kappa shape index (κ3) is 1.61. The van der Waals surface area contributed by atoms with E-state index in [0.29, 0.717) is 0 Å². The van der Waals surface area contributed by atoms with Crippen molar-refractivity contribution in [2.45, 2.75) is 32.9 Å². The van der Waals surface area contributed by atoms with Gasteiger partial charge in [-0.1, -0.05) is 30.7 Å². The molecule has 0 saturated heterocycles. The SMILES string of the molecule is CC(=O)OC1(N)c2cc(C)ccc2CC1C. The largest absolute Gasteiger partial charge is 0.440 e. The van der Waals surface area contributed by atoms with Crippen LogP contribution in [0.1, 0.15) is 30.5 Å². The molecule has 2 rings (SSSR count). The molecule has 3 nitrogen and oxygen atoms in total. The normalized spacial score (nSPS) is 27.6. The molecular formula is C13H17NO2. The van der Waals surface area contributed by atoms with Crippen LogP contribution >= 0.6 is 0 Å². The summed E-state index contributed by atoms with van der Waals surface area (Å²) < 4.78 is 5.33. The fourth-order valence-electron chi connectivity index (χ4n) is 2.37. The molecule has 0 aliphatic heterocycles. The Bertz CT molecular complexity index is 442. The van der Waals surface area contributed by atoms with Crippen LogP contribution in [0.15, 0.2) is 18.2 Å². The van der Waals surface area contributed by atoms with Gasteiger partial charge in [0.15, 0.2) is 5.72 Å². The van der Waals surface area contributed by atoms with Crippen molar-refractivity contribution in [2.75, 3.05) is 0 Å². The van der Waals surface area contributed by atoms with E-state index in [0.717, 1.165) is 17.5 Å². The zero-order valence-corrected chi connectivity index (χ0v) is 9.91. The smallest absolute Gasteiger partial charge is 0.304 e. The topological polar surface area (TPSA) is 52.3 Å². The Morgan fingerprint density at radius 1 is 1.56 bits per heavy atom. The quantitative estimate of drug-likeness (QED) is 0.579. The lowest BCUT2D eigenvalue weighted by Crippen LogP contribution is -2.44. The second kappa shape index (κ2) is 3.59. The molecule has 0 heterocycles. The second-order valence-electron chi connectivity index (χ2n) is 4.65. The summed E-state index contributed by atoms with van der Waals surface area (Å²) in [5.74, 6) is -0.211. The van der Waals surface area contributed by atoms with Gasteiger partial charge < -0.3 is 4.74 Å². The summed E-state index contributed by atoms with van der Waals surface area (Å²) in [4.78, 5) is 11.1. The minimum absolute atomic E-state index is 0.119. The Kier molecular flexibility index (Phi) is 2.50. The Morgan fingerprint density at radius 3 is 2.88 bits per heavy atom. The number of hydrogen-bond acceptors (Lipinski definition) is 3. The first-order valence-electron chi connectivity index (χ1n) is 5.52. The van der Waals surface area contributed by atoms with Crippen molar-refractivity contribution in [1.82, 2.24) is 0 Å². The highest BCUT2D eigenvalue weighted by molar-refractivity contribution is 5.67. The van der Waals surface area contributed by atoms with Crippen molar-refractivity contribution >= 4 is 5.97 Å². The number of esters is 1. The van der Waals surface area contributed by atoms with Crippen LogP contribution in [-0.2, 0) is 21.7 Å². The van der Waals surface area contributed by atoms with E-state index in [9.17, 15) is 4.79 Å². The van der Waals surface area contributed by atoms with Crippen molar-refractivity contribution in [3.63, 3.8) is 0 Å². The molecule has 1 aliphatic carbocycles. The summed E-state index contributed by atoms with van der Waals surface area (Å²) >= 11 is 0. The fraction of sp³-hybridized carbons (Fsp3) is 0.462. The van der Waals surface area contributed by atoms with Gasteiger partial charge in [0.1, 0.15) is 0 Å². The van der Waals surface area contributed by atoms with E-state index in [1.165, 1.54) is 12.5 Å². The van der Waals surface area contributed by atoms with E-state index in [4.69, 9.17) is 10.5 Å². The number of carbonyl (C=O) groups excluding carboxylic acids is 1. The zero-order valence-electron chi connectivity index (χ0n) is 9.91. The van der Waals surface area contributed by atoms with E-state index < -0.39 is 5.72 Å². The molecule has 0 bridgehead atoms. The third-order valence-corrected chi connectivity index (χ3v) is 3.26. The van der Waals surface area contributed by atoms with Crippen LogP contribution in [0.4, 0.5) is 0 Å². The number of carbonyl (C=O) groups is 1. The first-order valence-corrected chi connectivity index (χ1v) is 5.52. The van der Waals surface area contributed by atoms with E-state index in [-0.39, 0.29) is 11.9 Å². The lowest BCUT2D eigenvalue weighted by molar-refractivity contribution is -0.162. The molecule has 0 aromatic heterocycles. The van der Waals surface area contributed by atoms with Gasteiger partial charge in [-0.15, -0.1) is 0 Å². The lowest BCUT2D eigenvalue weighted by atomic mass is 9.98. The van der Waals surface area contributed by atoms with Crippen LogP contribution in [0.25, 0.3) is 0 Å². The fourth-order valence-corrected chi connectivity index (χ4v) is 2.37. The number of rotatable bonds is 1. The van der Waals surface area contributed by atoms with Gasteiger partial charge in [-0.3, -0.25) is 10.5 Å². The molecule has 1 aliphatic rings. The molecule has 1 aromatic rings. The van der Waals surface area contributed by atoms with Crippen LogP contribution in [0, 0.1) is 12.8 Å². The predicted molar refractivity (Wildman–Crippen MR) is 61.7 cm³/mol. The van der Waals surface area contributed by atoms with Gasteiger partial charge in [0.2, 0.25) is 0 Å². The van der Waals surface area contributed by atoms with E-state index in [1.807, 2.05) is 19.9 Å². The monoisotopic (exact) mass is 219 g/mol. The highest BCUT2D eigenvalue weighted by Gasteiger charge is 2.44. The highest BCUT2D eigenvalue weighted by atomic mass is 16.6. The van der Waals surface area contributed by atoms with Crippen LogP contribution in [-0.4, -0.2) is 5.97 Å². The van der Waals surface area contributed by atoms with E-state index >= 15 is 0 Å². The maximum Gasteiger partial charge on any atom is 0.304 e. The molecule has 2 atom stereocenters. The van der Waals surface area contributed by atoms with Crippen molar-refractivity contribution in [3.8, 4) is 0 Å². The molecule has 0 fully saturated rings. The number of ether oxygens (including phenoxy) is 1. The minimum atomic E-state index is -0.951. The lowest BCUT2D eigenvalue weighted by Gasteiger charge is -2.29. The van der Waals surface area contributed by atoms with Gasteiger partial charge >= 0.3 is 5.97 Å². The summed E-state index contributed by atoms with van der Waals surface area (Å²) in [6.45, 7) is 5.42. The van der Waals surface area contributed by atoms with Crippen molar-refractivity contribution in [1.29, 1.82) is 0 Å². The Morgan fingerprint density at radius 2 is 2.25 bits per heavy atom. The van der Waals surface area contributed by atoms with Crippen molar-refractivity contribution < 1.29 is 9.53 Å². The molecular weight excluding hydrogens is 202 g/mol. The van der Waals surface area contributed by atoms with Gasteiger partial charge in [-0.2, -0.15) is 0 Å². The second-order valence-corrected chi connectivity index (χ2v) is 4.65. The van der Waals surface area contributed by atoms with Crippen molar-refractivity contribution in [2.24, 2.45) is 11.7 Å². The minimum Gasteiger partial charge on any atom is -0.440 e. The summed E-state index contributed by atoms with van der Waals surface area (Å²) in [7, 11) is 0. The molecule has 86 valence electrons. The molecule has 2 unspecified atom stereocenters. The third-order valence-electron chi connectivity index (χ3n) is 3.26. The van der Waals surface area contributed by atoms with Crippen LogP contribution in [0.2, 0.25) is 0 Å². The van der Waals surface area contributed by atoms with Gasteiger partial charge in [0.05, 0.1) is 0 Å². The Labute approximate surface area is 95.6 Å². The van der Waals surface area contributed by atoms with Crippen LogP contribution < -0.4 is 5.73 Å². The molecule has 0 saturated carbocycles. The average molecular weight is 219 g/mol. The Hall–Kier alpha value is -1.35. The van der Waals surface area contributed by atoms with Gasteiger partial charge in [0, 0.05) is 18.4 Å². The number of nitrogens with two attached hydrogens (primary N) is 1. The number of aryl methyl sites for hydroxylation is 1. The number of benzene rings is 1. The average Bonchev–Trinajstić information content (AvgIpc) is 2.40. The standard InChI is InChI=1S/C13H17NO2/c1-8-4-5-11-7-9(2)13(14,12(11)6-8)16-10(3)15/h4-6,9H,7,14H2,1-3H3. The molecule has 16 heavy (non-hydrogen) atoms. The summed E-state index contributed by atoms with van der Waals surface area (Å²) in [5, 5.41) is 0. The summed E-state index contributed by atoms with van der Waals surface area (Å²) in [6.07, 6.45) is 0.861. The van der Waals surface area contributed by atoms with Crippen LogP contribution in [0.3, 0.4) is 0 Å².